The Morgan fingerprint density at radius 3 is 2.16 bits per heavy atom. The van der Waals surface area contributed by atoms with Gasteiger partial charge in [-0.25, -0.2) is 0 Å². The second-order valence-electron chi connectivity index (χ2n) is 4.83. The number of aryl methyl sites for hydroxylation is 1. The first kappa shape index (κ1) is 16.1. The minimum absolute atomic E-state index is 0.388. The molecule has 0 bridgehead atoms. The van der Waals surface area contributed by atoms with Gasteiger partial charge in [0, 0.05) is 0 Å². The van der Waals surface area contributed by atoms with Gasteiger partial charge in [0.25, 0.3) is 0 Å². The van der Waals surface area contributed by atoms with Crippen LogP contribution in [0.2, 0.25) is 0 Å². The highest BCUT2D eigenvalue weighted by molar-refractivity contribution is 7.31. The molecule has 0 radical (unpaired) electrons. The highest BCUT2D eigenvalue weighted by Crippen LogP contribution is 2.21. The first-order chi connectivity index (χ1) is 9.22. The normalized spacial score (nSPS) is 11.4. The summed E-state index contributed by atoms with van der Waals surface area (Å²) in [6.07, 6.45) is 10.2. The van der Waals surface area contributed by atoms with Gasteiger partial charge in [0.1, 0.15) is 0 Å². The average Bonchev–Trinajstić information content (AvgIpc) is 2.39. The maximum Gasteiger partial charge on any atom is 0.539 e. The van der Waals surface area contributed by atoms with Crippen LogP contribution >= 0.6 is 8.25 Å². The van der Waals surface area contributed by atoms with Crippen molar-refractivity contribution in [3.63, 3.8) is 0 Å². The molecule has 1 atom stereocenters. The fraction of sp³-hybridized carbons (Fsp3) is 0.600. The quantitative estimate of drug-likeness (QED) is 0.472. The largest absolute Gasteiger partial charge is 0.558 e. The Kier molecular flexibility index (Phi) is 8.44. The molecule has 0 spiro atoms. The van der Waals surface area contributed by atoms with Gasteiger partial charge < -0.3 is 4.89 Å². The van der Waals surface area contributed by atoms with Crippen molar-refractivity contribution in [2.45, 2.75) is 58.3 Å². The SMILES string of the molecule is CCCCCCCCCc1ccc(O[P+](=O)[O-])cc1. The smallest absolute Gasteiger partial charge is 0.539 e. The standard InChI is InChI=1S/C15H23O3P/c1-2-3-4-5-6-7-8-9-14-10-12-15(13-11-14)18-19(16)17/h10-13H,2-9H2,1H3. The number of hydrogen-bond donors (Lipinski definition) is 0. The third kappa shape index (κ3) is 7.97. The third-order valence-corrected chi connectivity index (χ3v) is 3.53. The zero-order valence-corrected chi connectivity index (χ0v) is 12.5. The van der Waals surface area contributed by atoms with E-state index >= 15 is 0 Å². The van der Waals surface area contributed by atoms with E-state index in [1.54, 1.807) is 12.1 Å². The van der Waals surface area contributed by atoms with Crippen molar-refractivity contribution in [2.75, 3.05) is 0 Å². The van der Waals surface area contributed by atoms with Gasteiger partial charge in [-0.15, -0.1) is 0 Å². The first-order valence-electron chi connectivity index (χ1n) is 7.13. The van der Waals surface area contributed by atoms with E-state index in [0.717, 1.165) is 6.42 Å². The Morgan fingerprint density at radius 2 is 1.58 bits per heavy atom. The van der Waals surface area contributed by atoms with Crippen LogP contribution in [0.25, 0.3) is 0 Å². The van der Waals surface area contributed by atoms with Crippen molar-refractivity contribution in [1.29, 1.82) is 0 Å². The molecule has 4 heteroatoms. The summed E-state index contributed by atoms with van der Waals surface area (Å²) in [4.78, 5) is 10.4. The van der Waals surface area contributed by atoms with E-state index in [2.05, 4.69) is 11.4 Å². The van der Waals surface area contributed by atoms with E-state index in [1.807, 2.05) is 12.1 Å². The van der Waals surface area contributed by atoms with Gasteiger partial charge in [-0.3, -0.25) is 4.52 Å². The molecule has 1 aromatic rings. The van der Waals surface area contributed by atoms with Gasteiger partial charge >= 0.3 is 8.25 Å². The molecule has 0 aromatic heterocycles. The van der Waals surface area contributed by atoms with Crippen LogP contribution in [0.15, 0.2) is 24.3 Å². The zero-order valence-electron chi connectivity index (χ0n) is 11.6. The monoisotopic (exact) mass is 282 g/mol. The Morgan fingerprint density at radius 1 is 1.00 bits per heavy atom. The fourth-order valence-corrected chi connectivity index (χ4v) is 2.38. The van der Waals surface area contributed by atoms with Gasteiger partial charge in [-0.2, -0.15) is 0 Å². The maximum atomic E-state index is 10.4. The van der Waals surface area contributed by atoms with Crippen molar-refractivity contribution in [1.82, 2.24) is 0 Å². The van der Waals surface area contributed by atoms with Crippen LogP contribution in [-0.2, 0) is 11.0 Å². The number of benzene rings is 1. The Bertz CT molecular complexity index is 362. The Hall–Kier alpha value is -0.920. The molecule has 1 unspecified atom stereocenters. The van der Waals surface area contributed by atoms with Crippen molar-refractivity contribution in [2.24, 2.45) is 0 Å². The number of unbranched alkanes of at least 4 members (excludes halogenated alkanes) is 6. The van der Waals surface area contributed by atoms with E-state index in [1.165, 1.54) is 50.5 Å². The minimum Gasteiger partial charge on any atom is -0.558 e. The van der Waals surface area contributed by atoms with Crippen molar-refractivity contribution >= 4 is 8.25 Å². The number of rotatable bonds is 10. The molecule has 0 saturated carbocycles. The summed E-state index contributed by atoms with van der Waals surface area (Å²) in [7, 11) is -2.81. The van der Waals surface area contributed by atoms with E-state index < -0.39 is 8.25 Å². The van der Waals surface area contributed by atoms with Crippen molar-refractivity contribution < 1.29 is 14.0 Å². The van der Waals surface area contributed by atoms with Crippen LogP contribution in [0.4, 0.5) is 0 Å². The van der Waals surface area contributed by atoms with Gasteiger partial charge in [0.2, 0.25) is 0 Å². The summed E-state index contributed by atoms with van der Waals surface area (Å²) in [5.74, 6) is 0.388. The van der Waals surface area contributed by atoms with Gasteiger partial charge in [-0.05, 0) is 35.1 Å². The molecule has 0 amide bonds. The van der Waals surface area contributed by atoms with E-state index in [0.29, 0.717) is 5.75 Å². The topological polar surface area (TPSA) is 49.4 Å². The zero-order chi connectivity index (χ0) is 13.9. The molecule has 19 heavy (non-hydrogen) atoms. The molecular formula is C15H23O3P. The molecule has 0 aliphatic carbocycles. The minimum atomic E-state index is -2.81. The van der Waals surface area contributed by atoms with Crippen LogP contribution in [0.5, 0.6) is 5.75 Å². The lowest BCUT2D eigenvalue weighted by Crippen LogP contribution is -1.93. The number of hydrogen-bond acceptors (Lipinski definition) is 3. The first-order valence-corrected chi connectivity index (χ1v) is 8.23. The molecule has 0 aliphatic rings. The lowest BCUT2D eigenvalue weighted by atomic mass is 10.0. The van der Waals surface area contributed by atoms with Gasteiger partial charge in [0.05, 0.1) is 0 Å². The van der Waals surface area contributed by atoms with E-state index in [4.69, 9.17) is 0 Å². The summed E-state index contributed by atoms with van der Waals surface area (Å²) < 4.78 is 15.0. The lowest BCUT2D eigenvalue weighted by Gasteiger charge is -2.03. The Balaban J connectivity index is 2.14. The second kappa shape index (κ2) is 9.94. The molecule has 0 N–H and O–H groups in total. The highest BCUT2D eigenvalue weighted by atomic mass is 31.1. The van der Waals surface area contributed by atoms with Gasteiger partial charge in [-0.1, -0.05) is 57.6 Å². The Labute approximate surface area is 117 Å². The molecule has 1 rings (SSSR count). The van der Waals surface area contributed by atoms with Gasteiger partial charge in [0.15, 0.2) is 5.75 Å². The predicted molar refractivity (Wildman–Crippen MR) is 76.4 cm³/mol. The molecular weight excluding hydrogens is 259 g/mol. The molecule has 0 saturated heterocycles. The van der Waals surface area contributed by atoms with Crippen LogP contribution in [-0.4, -0.2) is 0 Å². The fourth-order valence-electron chi connectivity index (χ4n) is 2.09. The molecule has 1 aromatic carbocycles. The summed E-state index contributed by atoms with van der Waals surface area (Å²) in [5, 5.41) is 0. The molecule has 0 heterocycles. The molecule has 0 aliphatic heterocycles. The lowest BCUT2D eigenvalue weighted by molar-refractivity contribution is -0.178. The van der Waals surface area contributed by atoms with Crippen LogP contribution in [0.1, 0.15) is 57.4 Å². The molecule has 3 nitrogen and oxygen atoms in total. The molecule has 106 valence electrons. The van der Waals surface area contributed by atoms with Crippen molar-refractivity contribution in [3.05, 3.63) is 29.8 Å². The maximum absolute atomic E-state index is 10.4. The second-order valence-corrected chi connectivity index (χ2v) is 5.46. The van der Waals surface area contributed by atoms with E-state index in [-0.39, 0.29) is 0 Å². The highest BCUT2D eigenvalue weighted by Gasteiger charge is 2.04. The summed E-state index contributed by atoms with van der Waals surface area (Å²) >= 11 is 0. The summed E-state index contributed by atoms with van der Waals surface area (Å²) in [6, 6.07) is 7.29. The van der Waals surface area contributed by atoms with E-state index in [9.17, 15) is 9.46 Å². The van der Waals surface area contributed by atoms with Crippen LogP contribution < -0.4 is 9.42 Å². The molecule has 0 fully saturated rings. The summed E-state index contributed by atoms with van der Waals surface area (Å²) in [5.41, 5.74) is 1.24. The van der Waals surface area contributed by atoms with Crippen LogP contribution in [0, 0.1) is 0 Å². The average molecular weight is 282 g/mol. The predicted octanol–water partition coefficient (Wildman–Crippen LogP) is 4.38. The summed E-state index contributed by atoms with van der Waals surface area (Å²) in [6.45, 7) is 2.23. The van der Waals surface area contributed by atoms with Crippen molar-refractivity contribution in [3.8, 4) is 5.75 Å². The van der Waals surface area contributed by atoms with Crippen LogP contribution in [0.3, 0.4) is 0 Å². The third-order valence-electron chi connectivity index (χ3n) is 3.17.